The fraction of sp³-hybridized carbons (Fsp3) is 0.259. The van der Waals surface area contributed by atoms with Gasteiger partial charge in [-0.3, -0.25) is 9.59 Å². The molecule has 0 radical (unpaired) electrons. The second-order valence-electron chi connectivity index (χ2n) is 8.33. The molecule has 4 rings (SSSR count). The lowest BCUT2D eigenvalue weighted by molar-refractivity contribution is -0.127. The van der Waals surface area contributed by atoms with Crippen molar-refractivity contribution in [2.45, 2.75) is 38.1 Å². The number of ether oxygens (including phenoxy) is 1. The highest BCUT2D eigenvalue weighted by molar-refractivity contribution is 7.99. The average molecular weight is 504 g/mol. The Kier molecular flexibility index (Phi) is 8.22. The minimum atomic E-state index is -0.654. The van der Waals surface area contributed by atoms with E-state index in [1.165, 1.54) is 17.3 Å². The van der Waals surface area contributed by atoms with Gasteiger partial charge in [-0.1, -0.05) is 61.2 Å². The van der Waals surface area contributed by atoms with E-state index in [0.29, 0.717) is 16.7 Å². The summed E-state index contributed by atoms with van der Waals surface area (Å²) in [5.41, 5.74) is 1.96. The molecule has 4 aromatic rings. The third-order valence-corrected chi connectivity index (χ3v) is 6.75. The van der Waals surface area contributed by atoms with E-state index in [1.54, 1.807) is 18.5 Å². The number of benzene rings is 3. The molecule has 9 heteroatoms. The molecule has 36 heavy (non-hydrogen) atoms. The fourth-order valence-electron chi connectivity index (χ4n) is 3.59. The average Bonchev–Trinajstić information content (AvgIpc) is 3.25. The third-order valence-electron chi connectivity index (χ3n) is 5.73. The summed E-state index contributed by atoms with van der Waals surface area (Å²) < 4.78 is 7.50. The number of carbonyl (C=O) groups excluding carboxylic acids is 2. The number of aryl methyl sites for hydroxylation is 1. The Morgan fingerprint density at radius 2 is 1.78 bits per heavy atom. The van der Waals surface area contributed by atoms with Crippen molar-refractivity contribution in [3.8, 4) is 5.75 Å². The van der Waals surface area contributed by atoms with Gasteiger partial charge in [-0.2, -0.15) is 0 Å². The zero-order valence-corrected chi connectivity index (χ0v) is 21.3. The number of thioether (sulfide) groups is 1. The van der Waals surface area contributed by atoms with Gasteiger partial charge >= 0.3 is 0 Å². The summed E-state index contributed by atoms with van der Waals surface area (Å²) in [4.78, 5) is 24.9. The summed E-state index contributed by atoms with van der Waals surface area (Å²) in [5.74, 6) is 1.04. The van der Waals surface area contributed by atoms with Gasteiger partial charge in [0.15, 0.2) is 17.1 Å². The van der Waals surface area contributed by atoms with Crippen molar-refractivity contribution in [1.29, 1.82) is 0 Å². The van der Waals surface area contributed by atoms with E-state index < -0.39 is 6.10 Å². The Hall–Kier alpha value is -3.85. The molecule has 2 amide bonds. The van der Waals surface area contributed by atoms with Gasteiger partial charge in [0.1, 0.15) is 5.75 Å². The van der Waals surface area contributed by atoms with Crippen LogP contribution in [0.4, 0.5) is 5.69 Å². The van der Waals surface area contributed by atoms with Gasteiger partial charge in [0.05, 0.1) is 12.3 Å². The predicted octanol–water partition coefficient (Wildman–Crippen LogP) is 4.35. The number of hydrogen-bond donors (Lipinski definition) is 2. The highest BCUT2D eigenvalue weighted by Crippen LogP contribution is 2.20. The monoisotopic (exact) mass is 503 g/mol. The first-order valence-corrected chi connectivity index (χ1v) is 12.7. The number of carbonyl (C=O) groups is 2. The van der Waals surface area contributed by atoms with Crippen molar-refractivity contribution < 1.29 is 14.3 Å². The van der Waals surface area contributed by atoms with Gasteiger partial charge < -0.3 is 19.9 Å². The Labute approximate surface area is 214 Å². The zero-order chi connectivity index (χ0) is 25.5. The Balaban J connectivity index is 1.25. The summed E-state index contributed by atoms with van der Waals surface area (Å²) >= 11 is 1.28. The standard InChI is InChI=1S/C27H29N5O3S/c1-4-19-9-13-23(14-10-19)35-18(2)26(34)28-16-24-30-31-27(32(24)3)36-17-25(33)29-22-12-11-20-7-5-6-8-21(20)15-22/h5-15,18H,4,16-17H2,1-3H3,(H,28,34)(H,29,33)/t18-/m1/s1. The van der Waals surface area contributed by atoms with Crippen LogP contribution in [0.2, 0.25) is 0 Å². The lowest BCUT2D eigenvalue weighted by Crippen LogP contribution is -2.36. The van der Waals surface area contributed by atoms with E-state index in [-0.39, 0.29) is 24.1 Å². The maximum Gasteiger partial charge on any atom is 0.261 e. The maximum absolute atomic E-state index is 12.5. The Morgan fingerprint density at radius 1 is 1.03 bits per heavy atom. The van der Waals surface area contributed by atoms with Crippen LogP contribution in [0.25, 0.3) is 10.8 Å². The van der Waals surface area contributed by atoms with Gasteiger partial charge in [-0.15, -0.1) is 10.2 Å². The lowest BCUT2D eigenvalue weighted by atomic mass is 10.1. The van der Waals surface area contributed by atoms with Crippen LogP contribution in [0, 0.1) is 0 Å². The summed E-state index contributed by atoms with van der Waals surface area (Å²) in [6.45, 7) is 3.99. The lowest BCUT2D eigenvalue weighted by Gasteiger charge is -2.15. The van der Waals surface area contributed by atoms with E-state index in [1.807, 2.05) is 66.7 Å². The van der Waals surface area contributed by atoms with Crippen LogP contribution in [0.5, 0.6) is 5.75 Å². The van der Waals surface area contributed by atoms with Gasteiger partial charge in [-0.05, 0) is 53.9 Å². The number of rotatable bonds is 10. The molecule has 8 nitrogen and oxygen atoms in total. The highest BCUT2D eigenvalue weighted by atomic mass is 32.2. The van der Waals surface area contributed by atoms with E-state index in [0.717, 1.165) is 22.9 Å². The van der Waals surface area contributed by atoms with Gasteiger partial charge in [0, 0.05) is 12.7 Å². The van der Waals surface area contributed by atoms with Crippen molar-refractivity contribution in [3.05, 3.63) is 78.1 Å². The van der Waals surface area contributed by atoms with Crippen LogP contribution in [0.1, 0.15) is 25.2 Å². The summed E-state index contributed by atoms with van der Waals surface area (Å²) in [6, 6.07) is 21.5. The van der Waals surface area contributed by atoms with E-state index in [4.69, 9.17) is 4.74 Å². The Morgan fingerprint density at radius 3 is 2.53 bits per heavy atom. The second-order valence-corrected chi connectivity index (χ2v) is 9.27. The molecule has 0 aliphatic heterocycles. The van der Waals surface area contributed by atoms with Crippen LogP contribution >= 0.6 is 11.8 Å². The summed E-state index contributed by atoms with van der Waals surface area (Å²) in [7, 11) is 1.81. The van der Waals surface area contributed by atoms with E-state index in [2.05, 4.69) is 27.8 Å². The molecule has 3 aromatic carbocycles. The van der Waals surface area contributed by atoms with Crippen LogP contribution in [-0.2, 0) is 29.6 Å². The number of anilines is 1. The fourth-order valence-corrected chi connectivity index (χ4v) is 4.32. The normalized spacial score (nSPS) is 11.8. The molecule has 0 unspecified atom stereocenters. The first kappa shape index (κ1) is 25.2. The van der Waals surface area contributed by atoms with Gasteiger partial charge in [-0.25, -0.2) is 0 Å². The van der Waals surface area contributed by atoms with Crippen molar-refractivity contribution >= 4 is 40.0 Å². The Bertz CT molecular complexity index is 1350. The van der Waals surface area contributed by atoms with Crippen LogP contribution in [0.15, 0.2) is 71.9 Å². The molecule has 2 N–H and O–H groups in total. The number of aromatic nitrogens is 3. The quantitative estimate of drug-likeness (QED) is 0.312. The molecular weight excluding hydrogens is 474 g/mol. The zero-order valence-electron chi connectivity index (χ0n) is 20.5. The molecule has 186 valence electrons. The molecule has 0 spiro atoms. The number of nitrogens with zero attached hydrogens (tertiary/aromatic N) is 3. The SMILES string of the molecule is CCc1ccc(O[C@H](C)C(=O)NCc2nnc(SCC(=O)Nc3ccc4ccccc4c3)n2C)cc1. The van der Waals surface area contributed by atoms with Gasteiger partial charge in [0.2, 0.25) is 5.91 Å². The number of nitrogens with one attached hydrogen (secondary N) is 2. The van der Waals surface area contributed by atoms with Crippen LogP contribution < -0.4 is 15.4 Å². The highest BCUT2D eigenvalue weighted by Gasteiger charge is 2.17. The first-order chi connectivity index (χ1) is 17.4. The smallest absolute Gasteiger partial charge is 0.261 e. The van der Waals surface area contributed by atoms with Crippen molar-refractivity contribution in [2.24, 2.45) is 7.05 Å². The number of amides is 2. The third kappa shape index (κ3) is 6.42. The molecule has 0 bridgehead atoms. The van der Waals surface area contributed by atoms with E-state index >= 15 is 0 Å². The van der Waals surface area contributed by atoms with Crippen LogP contribution in [-0.4, -0.2) is 38.4 Å². The van der Waals surface area contributed by atoms with Gasteiger partial charge in [0.25, 0.3) is 5.91 Å². The predicted molar refractivity (Wildman–Crippen MR) is 142 cm³/mol. The maximum atomic E-state index is 12.5. The molecule has 1 aromatic heterocycles. The first-order valence-electron chi connectivity index (χ1n) is 11.8. The molecule has 1 atom stereocenters. The number of hydrogen-bond acceptors (Lipinski definition) is 6. The summed E-state index contributed by atoms with van der Waals surface area (Å²) in [5, 5.41) is 16.8. The molecule has 1 heterocycles. The molecule has 0 fully saturated rings. The van der Waals surface area contributed by atoms with Crippen molar-refractivity contribution in [2.75, 3.05) is 11.1 Å². The molecular formula is C27H29N5O3S. The summed E-state index contributed by atoms with van der Waals surface area (Å²) in [6.07, 6.45) is 0.294. The molecule has 0 saturated heterocycles. The molecule has 0 aliphatic rings. The van der Waals surface area contributed by atoms with Crippen LogP contribution in [0.3, 0.4) is 0 Å². The largest absolute Gasteiger partial charge is 0.481 e. The molecule has 0 saturated carbocycles. The van der Waals surface area contributed by atoms with Crippen molar-refractivity contribution in [1.82, 2.24) is 20.1 Å². The second kappa shape index (κ2) is 11.7. The minimum Gasteiger partial charge on any atom is -0.481 e. The van der Waals surface area contributed by atoms with E-state index in [9.17, 15) is 9.59 Å². The minimum absolute atomic E-state index is 0.133. The topological polar surface area (TPSA) is 98.1 Å². The number of fused-ring (bicyclic) bond motifs is 1. The van der Waals surface area contributed by atoms with Crippen molar-refractivity contribution in [3.63, 3.8) is 0 Å². The molecule has 0 aliphatic carbocycles.